The molecule has 2 atom stereocenters. The summed E-state index contributed by atoms with van der Waals surface area (Å²) in [4.78, 5) is 21.2. The van der Waals surface area contributed by atoms with Crippen LogP contribution in [0.4, 0.5) is 0 Å². The van der Waals surface area contributed by atoms with Gasteiger partial charge in [-0.25, -0.2) is 0 Å². The van der Waals surface area contributed by atoms with Crippen molar-refractivity contribution in [2.45, 2.75) is 185 Å². The van der Waals surface area contributed by atoms with Crippen LogP contribution in [-0.4, -0.2) is 28.3 Å². The molecule has 0 amide bonds. The van der Waals surface area contributed by atoms with Crippen LogP contribution >= 0.6 is 68.0 Å². The Balaban J connectivity index is 1.33. The predicted octanol–water partition coefficient (Wildman–Crippen LogP) is 21.0. The molecule has 0 bridgehead atoms. The maximum atomic E-state index is 5.78. The molecule has 1 aromatic carbocycles. The molecule has 0 saturated carbocycles. The molecule has 6 aromatic heterocycles. The van der Waals surface area contributed by atoms with E-state index in [1.54, 1.807) is 2.89 Å². The quantitative estimate of drug-likeness (QED) is 0.0457. The Morgan fingerprint density at radius 2 is 0.894 bits per heavy atom. The van der Waals surface area contributed by atoms with E-state index < -0.39 is 18.4 Å². The molecule has 7 rings (SSSR count). The monoisotopic (exact) mass is 1100 g/mol. The van der Waals surface area contributed by atoms with Gasteiger partial charge in [-0.1, -0.05) is 80.1 Å². The van der Waals surface area contributed by atoms with Gasteiger partial charge in [-0.15, -0.1) is 0 Å². The molecule has 6 heterocycles. The third-order valence-corrected chi connectivity index (χ3v) is 39.2. The van der Waals surface area contributed by atoms with Crippen LogP contribution in [0.3, 0.4) is 0 Å². The summed E-state index contributed by atoms with van der Waals surface area (Å²) >= 11 is 9.21. The molecule has 358 valence electrons. The van der Waals surface area contributed by atoms with Crippen LogP contribution in [0.25, 0.3) is 61.1 Å². The number of rotatable bonds is 28. The van der Waals surface area contributed by atoms with Crippen LogP contribution in [0, 0.1) is 30.6 Å². The van der Waals surface area contributed by atoms with E-state index >= 15 is 0 Å². The number of hydrogen-bond acceptors (Lipinski definition) is 8. The zero-order valence-electron chi connectivity index (χ0n) is 42.2. The van der Waals surface area contributed by atoms with Crippen molar-refractivity contribution in [2.75, 3.05) is 0 Å². The van der Waals surface area contributed by atoms with E-state index in [-0.39, 0.29) is 0 Å². The third kappa shape index (κ3) is 13.3. The molecule has 0 fully saturated rings. The molecule has 0 spiro atoms. The molecule has 0 N–H and O–H groups in total. The second-order valence-corrected chi connectivity index (χ2v) is 41.6. The maximum absolute atomic E-state index is 5.78. The number of aryl methyl sites for hydroxylation is 3. The summed E-state index contributed by atoms with van der Waals surface area (Å²) in [5.41, 5.74) is 5.01. The number of fused-ring (bicyclic) bond motifs is 2. The number of unbranched alkanes of at least 4 members (excludes halogenated alkanes) is 3. The molecule has 0 aliphatic carbocycles. The van der Waals surface area contributed by atoms with Gasteiger partial charge in [-0.2, -0.15) is 0 Å². The second kappa shape index (κ2) is 25.1. The minimum atomic E-state index is -2.69. The normalized spacial score (nSPS) is 13.4. The first kappa shape index (κ1) is 52.4. The molecule has 9 heteroatoms. The first-order valence-electron chi connectivity index (χ1n) is 26.0. The molecule has 2 unspecified atom stereocenters. The number of thiophene rings is 4. The summed E-state index contributed by atoms with van der Waals surface area (Å²) in [5, 5.41) is 2.33. The third-order valence-electron chi connectivity index (χ3n) is 14.0. The van der Waals surface area contributed by atoms with Crippen LogP contribution in [-0.2, 0) is 12.8 Å². The van der Waals surface area contributed by atoms with Gasteiger partial charge in [0.1, 0.15) is 0 Å². The number of aromatic nitrogens is 2. The Kier molecular flexibility index (Phi) is 20.0. The molecule has 66 heavy (non-hydrogen) atoms. The van der Waals surface area contributed by atoms with E-state index in [0.29, 0.717) is 0 Å². The van der Waals surface area contributed by atoms with Crippen LogP contribution in [0.15, 0.2) is 48.5 Å². The minimum absolute atomic E-state index is 0.764. The topological polar surface area (TPSA) is 25.8 Å². The SMILES string of the molecule is CCC[CH2][Sn]([CH2]CCC)([CH2]CCC)[c]1ccc(-c2c3nc(-c4ccc(CCC(C)CCCC(C)C)s4)sc3c(-c3ccc(C)s3)c3nc(-c4ccc(CCC(C)CCCC(C)C)s4)sc23)s1. The van der Waals surface area contributed by atoms with Crippen LogP contribution < -0.4 is 2.89 Å². The fourth-order valence-electron chi connectivity index (χ4n) is 9.89. The average Bonchev–Trinajstić information content (AvgIpc) is 4.15. The summed E-state index contributed by atoms with van der Waals surface area (Å²) in [6.45, 7) is 23.8. The Bertz CT molecular complexity index is 2420. The van der Waals surface area contributed by atoms with Crippen molar-refractivity contribution in [1.29, 1.82) is 0 Å². The second-order valence-electron chi connectivity index (χ2n) is 20.8. The van der Waals surface area contributed by atoms with Gasteiger partial charge in [0.2, 0.25) is 0 Å². The predicted molar refractivity (Wildman–Crippen MR) is 308 cm³/mol. The standard InChI is InChI=1S/C45H53N2S6.3C4H9.Sn/c1-27(2)11-8-13-29(5)16-19-32-21-24-36(50-32)44-46-40-38(34-15-10-26-48-34)42-41(39(43(40)53-44)35-23-18-31(7)49-35)47-45(52-42)37-25-22-33(51-37)20-17-30(6)14-9-12-28(3)4;3*1-3-4-2;/h10,15,18,21-25,27-30H,8-9,11-14,16-17,19-20H2,1-7H3;3*1,3-4H2,2H3;. The van der Waals surface area contributed by atoms with Crippen molar-refractivity contribution in [3.63, 3.8) is 0 Å². The van der Waals surface area contributed by atoms with Gasteiger partial charge in [0.25, 0.3) is 0 Å². The Labute approximate surface area is 428 Å². The van der Waals surface area contributed by atoms with Crippen molar-refractivity contribution in [3.8, 4) is 40.7 Å². The molecule has 0 saturated heterocycles. The fourth-order valence-corrected chi connectivity index (χ4v) is 35.5. The van der Waals surface area contributed by atoms with E-state index in [2.05, 4.69) is 129 Å². The van der Waals surface area contributed by atoms with Gasteiger partial charge in [0.15, 0.2) is 0 Å². The first-order chi connectivity index (χ1) is 31.9. The summed E-state index contributed by atoms with van der Waals surface area (Å²) < 4.78 is 8.92. The fraction of sp³-hybridized carbons (Fsp3) is 0.579. The summed E-state index contributed by atoms with van der Waals surface area (Å²) in [7, 11) is 0. The molecule has 2 nitrogen and oxygen atoms in total. The molecule has 0 radical (unpaired) electrons. The molecule has 0 aliphatic rings. The molecule has 0 aliphatic heterocycles. The molecule has 7 aromatic rings. The summed E-state index contributed by atoms with van der Waals surface area (Å²) in [6.07, 6.45) is 21.0. The number of benzene rings is 1. The van der Waals surface area contributed by atoms with Gasteiger partial charge >= 0.3 is 329 Å². The molecular weight excluding hydrogens is 1020 g/mol. The summed E-state index contributed by atoms with van der Waals surface area (Å²) in [5.74, 6) is 3.12. The number of hydrogen-bond donors (Lipinski definition) is 0. The van der Waals surface area contributed by atoms with Crippen molar-refractivity contribution < 1.29 is 0 Å². The van der Waals surface area contributed by atoms with Crippen LogP contribution in [0.5, 0.6) is 0 Å². The van der Waals surface area contributed by atoms with Gasteiger partial charge in [0, 0.05) is 0 Å². The van der Waals surface area contributed by atoms with Gasteiger partial charge in [-0.05, 0) is 23.7 Å². The van der Waals surface area contributed by atoms with E-state index in [1.807, 2.05) is 56.7 Å². The van der Waals surface area contributed by atoms with Crippen LogP contribution in [0.1, 0.15) is 167 Å². The Hall–Kier alpha value is -1.40. The van der Waals surface area contributed by atoms with Gasteiger partial charge < -0.3 is 0 Å². The summed E-state index contributed by atoms with van der Waals surface area (Å²) in [6, 6.07) is 19.4. The van der Waals surface area contributed by atoms with Crippen LogP contribution in [0.2, 0.25) is 13.3 Å². The molecular formula is C57H80N2S6Sn. The van der Waals surface area contributed by atoms with Gasteiger partial charge in [0.05, 0.1) is 0 Å². The van der Waals surface area contributed by atoms with E-state index in [1.165, 1.54) is 179 Å². The first-order valence-corrected chi connectivity index (χ1v) is 38.4. The Morgan fingerprint density at radius 3 is 1.32 bits per heavy atom. The van der Waals surface area contributed by atoms with Crippen molar-refractivity contribution in [3.05, 3.63) is 63.2 Å². The van der Waals surface area contributed by atoms with E-state index in [4.69, 9.17) is 9.97 Å². The Morgan fingerprint density at radius 1 is 0.455 bits per heavy atom. The van der Waals surface area contributed by atoms with Gasteiger partial charge in [-0.3, -0.25) is 0 Å². The van der Waals surface area contributed by atoms with Crippen molar-refractivity contribution >= 4 is 110 Å². The zero-order chi connectivity index (χ0) is 46.8. The average molecular weight is 1100 g/mol. The number of thiazole rings is 2. The van der Waals surface area contributed by atoms with Crippen molar-refractivity contribution in [1.82, 2.24) is 9.97 Å². The van der Waals surface area contributed by atoms with E-state index in [9.17, 15) is 0 Å². The zero-order valence-corrected chi connectivity index (χ0v) is 50.0. The number of nitrogens with zero attached hydrogens (tertiary/aromatic N) is 2. The van der Waals surface area contributed by atoms with E-state index in [0.717, 1.165) is 36.5 Å². The van der Waals surface area contributed by atoms with Crippen molar-refractivity contribution in [2.24, 2.45) is 23.7 Å².